The molecule has 0 saturated heterocycles. The molecule has 19 heavy (non-hydrogen) atoms. The summed E-state index contributed by atoms with van der Waals surface area (Å²) in [6.45, 7) is 6.92. The minimum atomic E-state index is -0.0592. The summed E-state index contributed by atoms with van der Waals surface area (Å²) >= 11 is 6.36. The maximum absolute atomic E-state index is 6.36. The van der Waals surface area contributed by atoms with Crippen LogP contribution < -0.4 is 0 Å². The Balaban J connectivity index is 2.36. The Bertz CT molecular complexity index is 434. The first-order chi connectivity index (χ1) is 9.13. The first kappa shape index (κ1) is 14.7. The predicted octanol–water partition coefficient (Wildman–Crippen LogP) is 4.13. The zero-order chi connectivity index (χ0) is 13.8. The third kappa shape index (κ3) is 3.46. The van der Waals surface area contributed by atoms with Gasteiger partial charge in [-0.1, -0.05) is 31.9 Å². The minimum Gasteiger partial charge on any atom is -0.370 e. The molecule has 106 valence electrons. The molecule has 1 aromatic rings. The van der Waals surface area contributed by atoms with Crippen LogP contribution in [0.4, 0.5) is 0 Å². The summed E-state index contributed by atoms with van der Waals surface area (Å²) in [5.74, 6) is 1.10. The zero-order valence-corrected chi connectivity index (χ0v) is 12.8. The van der Waals surface area contributed by atoms with Crippen LogP contribution in [0.5, 0.6) is 0 Å². The lowest BCUT2D eigenvalue weighted by Gasteiger charge is -2.21. The maximum Gasteiger partial charge on any atom is 0.159 e. The molecule has 1 heterocycles. The lowest BCUT2D eigenvalue weighted by atomic mass is 10.1. The average Bonchev–Trinajstić information content (AvgIpc) is 2.61. The van der Waals surface area contributed by atoms with Crippen molar-refractivity contribution < 1.29 is 4.74 Å². The van der Waals surface area contributed by atoms with Gasteiger partial charge in [-0.05, 0) is 38.5 Å². The molecule has 0 aromatic carbocycles. The van der Waals surface area contributed by atoms with Crippen molar-refractivity contribution in [1.82, 2.24) is 9.97 Å². The Morgan fingerprint density at radius 1 is 1.16 bits per heavy atom. The average molecular weight is 283 g/mol. The highest BCUT2D eigenvalue weighted by molar-refractivity contribution is 6.30. The second kappa shape index (κ2) is 6.67. The fourth-order valence-corrected chi connectivity index (χ4v) is 2.91. The highest BCUT2D eigenvalue weighted by Crippen LogP contribution is 2.29. The predicted molar refractivity (Wildman–Crippen MR) is 77.5 cm³/mol. The van der Waals surface area contributed by atoms with E-state index < -0.39 is 0 Å². The number of fused-ring (bicyclic) bond motifs is 1. The molecule has 0 spiro atoms. The Morgan fingerprint density at radius 2 is 1.89 bits per heavy atom. The van der Waals surface area contributed by atoms with Crippen LogP contribution in [-0.2, 0) is 17.6 Å². The van der Waals surface area contributed by atoms with Gasteiger partial charge in [-0.2, -0.15) is 0 Å². The monoisotopic (exact) mass is 282 g/mol. The van der Waals surface area contributed by atoms with E-state index in [2.05, 4.69) is 18.8 Å². The standard InChI is InChI=1S/C15H23ClN2O/c1-4-19-13(10(2)3)15-17-12-9-7-5-6-8-11(12)14(16)18-15/h10,13H,4-9H2,1-3H3. The van der Waals surface area contributed by atoms with Gasteiger partial charge in [0.25, 0.3) is 0 Å². The van der Waals surface area contributed by atoms with Gasteiger partial charge >= 0.3 is 0 Å². The van der Waals surface area contributed by atoms with E-state index in [1.165, 1.54) is 19.3 Å². The highest BCUT2D eigenvalue weighted by atomic mass is 35.5. The number of nitrogens with zero attached hydrogens (tertiary/aromatic N) is 2. The summed E-state index contributed by atoms with van der Waals surface area (Å²) in [4.78, 5) is 9.25. The van der Waals surface area contributed by atoms with E-state index in [0.717, 1.165) is 29.9 Å². The van der Waals surface area contributed by atoms with Crippen LogP contribution >= 0.6 is 11.6 Å². The van der Waals surface area contributed by atoms with Crippen LogP contribution in [0.15, 0.2) is 0 Å². The molecule has 0 aliphatic heterocycles. The summed E-state index contributed by atoms with van der Waals surface area (Å²) in [5, 5.41) is 0.632. The Labute approximate surface area is 120 Å². The highest BCUT2D eigenvalue weighted by Gasteiger charge is 2.23. The molecule has 3 nitrogen and oxygen atoms in total. The van der Waals surface area contributed by atoms with E-state index in [1.54, 1.807) is 0 Å². The zero-order valence-electron chi connectivity index (χ0n) is 12.1. The summed E-state index contributed by atoms with van der Waals surface area (Å²) in [7, 11) is 0. The molecule has 1 aromatic heterocycles. The van der Waals surface area contributed by atoms with Crippen molar-refractivity contribution in [3.63, 3.8) is 0 Å². The summed E-state index contributed by atoms with van der Waals surface area (Å²) < 4.78 is 5.78. The molecule has 0 fully saturated rings. The molecule has 0 amide bonds. The molecule has 0 bridgehead atoms. The van der Waals surface area contributed by atoms with Crippen molar-refractivity contribution in [2.75, 3.05) is 6.61 Å². The van der Waals surface area contributed by atoms with E-state index in [1.807, 2.05) is 6.92 Å². The lowest BCUT2D eigenvalue weighted by molar-refractivity contribution is 0.0230. The molecule has 0 N–H and O–H groups in total. The molecule has 1 aliphatic carbocycles. The SMILES string of the molecule is CCOC(c1nc(Cl)c2c(n1)CCCCC2)C(C)C. The van der Waals surface area contributed by atoms with Crippen molar-refractivity contribution in [2.24, 2.45) is 5.92 Å². The second-order valence-electron chi connectivity index (χ2n) is 5.48. The number of halogens is 1. The van der Waals surface area contributed by atoms with Gasteiger partial charge in [0.2, 0.25) is 0 Å². The van der Waals surface area contributed by atoms with Gasteiger partial charge in [0.15, 0.2) is 5.82 Å². The normalized spacial score (nSPS) is 17.1. The van der Waals surface area contributed by atoms with Gasteiger partial charge in [0.05, 0.1) is 0 Å². The molecule has 2 rings (SSSR count). The topological polar surface area (TPSA) is 35.0 Å². The van der Waals surface area contributed by atoms with Gasteiger partial charge in [0.1, 0.15) is 11.3 Å². The first-order valence-electron chi connectivity index (χ1n) is 7.30. The first-order valence-corrected chi connectivity index (χ1v) is 7.68. The molecule has 1 aliphatic rings. The molecular formula is C15H23ClN2O. The fraction of sp³-hybridized carbons (Fsp3) is 0.733. The van der Waals surface area contributed by atoms with E-state index in [0.29, 0.717) is 17.7 Å². The van der Waals surface area contributed by atoms with Crippen LogP contribution in [0.25, 0.3) is 0 Å². The van der Waals surface area contributed by atoms with Crippen molar-refractivity contribution >= 4 is 11.6 Å². The summed E-state index contributed by atoms with van der Waals surface area (Å²) in [6, 6.07) is 0. The Morgan fingerprint density at radius 3 is 2.58 bits per heavy atom. The van der Waals surface area contributed by atoms with Gasteiger partial charge in [-0.15, -0.1) is 0 Å². The number of aryl methyl sites for hydroxylation is 1. The molecule has 0 radical (unpaired) electrons. The van der Waals surface area contributed by atoms with Crippen molar-refractivity contribution in [3.8, 4) is 0 Å². The molecule has 4 heteroatoms. The molecular weight excluding hydrogens is 260 g/mol. The lowest BCUT2D eigenvalue weighted by Crippen LogP contribution is -2.16. The van der Waals surface area contributed by atoms with Crippen molar-refractivity contribution in [3.05, 3.63) is 22.2 Å². The van der Waals surface area contributed by atoms with Crippen LogP contribution in [0, 0.1) is 5.92 Å². The smallest absolute Gasteiger partial charge is 0.159 e. The third-order valence-corrected chi connectivity index (χ3v) is 3.92. The number of ether oxygens (including phenoxy) is 1. The van der Waals surface area contributed by atoms with Gasteiger partial charge in [0, 0.05) is 17.9 Å². The number of hydrogen-bond acceptors (Lipinski definition) is 3. The molecule has 1 unspecified atom stereocenters. The van der Waals surface area contributed by atoms with E-state index in [9.17, 15) is 0 Å². The van der Waals surface area contributed by atoms with Gasteiger partial charge in [-0.25, -0.2) is 9.97 Å². The fourth-order valence-electron chi connectivity index (χ4n) is 2.62. The van der Waals surface area contributed by atoms with Crippen LogP contribution in [0.3, 0.4) is 0 Å². The Kier molecular flexibility index (Phi) is 5.17. The van der Waals surface area contributed by atoms with E-state index >= 15 is 0 Å². The van der Waals surface area contributed by atoms with Gasteiger partial charge in [-0.3, -0.25) is 0 Å². The minimum absolute atomic E-state index is 0.0592. The van der Waals surface area contributed by atoms with Crippen LogP contribution in [0.1, 0.15) is 63.2 Å². The third-order valence-electron chi connectivity index (χ3n) is 3.61. The largest absolute Gasteiger partial charge is 0.370 e. The number of hydrogen-bond donors (Lipinski definition) is 0. The molecule has 1 atom stereocenters. The maximum atomic E-state index is 6.36. The van der Waals surface area contributed by atoms with Crippen molar-refractivity contribution in [2.45, 2.75) is 59.0 Å². The van der Waals surface area contributed by atoms with Gasteiger partial charge < -0.3 is 4.74 Å². The van der Waals surface area contributed by atoms with Crippen molar-refractivity contribution in [1.29, 1.82) is 0 Å². The summed E-state index contributed by atoms with van der Waals surface area (Å²) in [5.41, 5.74) is 2.29. The number of aromatic nitrogens is 2. The summed E-state index contributed by atoms with van der Waals surface area (Å²) in [6.07, 6.45) is 5.60. The number of rotatable bonds is 4. The van der Waals surface area contributed by atoms with Crippen LogP contribution in [-0.4, -0.2) is 16.6 Å². The molecule has 0 saturated carbocycles. The quantitative estimate of drug-likeness (QED) is 0.615. The Hall–Kier alpha value is -0.670. The van der Waals surface area contributed by atoms with E-state index in [-0.39, 0.29) is 6.10 Å². The van der Waals surface area contributed by atoms with Crippen LogP contribution in [0.2, 0.25) is 5.15 Å². The second-order valence-corrected chi connectivity index (χ2v) is 5.84. The van der Waals surface area contributed by atoms with E-state index in [4.69, 9.17) is 21.3 Å².